The summed E-state index contributed by atoms with van der Waals surface area (Å²) >= 11 is 3.40. The number of ether oxygens (including phenoxy) is 3. The zero-order chi connectivity index (χ0) is 18.8. The minimum absolute atomic E-state index is 0.0642. The van der Waals surface area contributed by atoms with E-state index in [-0.39, 0.29) is 5.78 Å². The molecule has 0 amide bonds. The highest BCUT2D eigenvalue weighted by atomic mass is 79.9. The van der Waals surface area contributed by atoms with E-state index in [4.69, 9.17) is 14.2 Å². The van der Waals surface area contributed by atoms with Crippen molar-refractivity contribution < 1.29 is 19.0 Å². The zero-order valence-electron chi connectivity index (χ0n) is 15.0. The van der Waals surface area contributed by atoms with Gasteiger partial charge in [-0.15, -0.1) is 0 Å². The largest absolute Gasteiger partial charge is 0.494 e. The zero-order valence-corrected chi connectivity index (χ0v) is 16.6. The molecule has 5 heteroatoms. The molecule has 2 aromatic rings. The van der Waals surface area contributed by atoms with E-state index >= 15 is 0 Å². The summed E-state index contributed by atoms with van der Waals surface area (Å²) in [6, 6.07) is 12.7. The van der Waals surface area contributed by atoms with Crippen molar-refractivity contribution in [3.63, 3.8) is 0 Å². The maximum absolute atomic E-state index is 12.3. The van der Waals surface area contributed by atoms with Gasteiger partial charge in [0.2, 0.25) is 0 Å². The van der Waals surface area contributed by atoms with E-state index in [1.165, 1.54) is 0 Å². The maximum Gasteiger partial charge on any atom is 0.185 e. The number of ketones is 1. The number of hydrogen-bond donors (Lipinski definition) is 0. The second-order valence-electron chi connectivity index (χ2n) is 5.58. The smallest absolute Gasteiger partial charge is 0.185 e. The standard InChI is InChI=1S/C21H23BrO4/c1-24-20-12-6-16(15-21(20)25-2)5-11-19(23)17-7-9-18(10-8-17)26-14-4-3-13-22/h5-12,15H,3-4,13-14H2,1-2H3/b11-5+. The number of alkyl halides is 1. The first-order valence-electron chi connectivity index (χ1n) is 8.41. The van der Waals surface area contributed by atoms with Gasteiger partial charge in [-0.2, -0.15) is 0 Å². The van der Waals surface area contributed by atoms with Crippen LogP contribution in [0.25, 0.3) is 6.08 Å². The first kappa shape index (κ1) is 20.0. The predicted molar refractivity (Wildman–Crippen MR) is 108 cm³/mol. The second-order valence-corrected chi connectivity index (χ2v) is 6.37. The number of unbranched alkanes of at least 4 members (excludes halogenated alkanes) is 1. The number of halogens is 1. The molecule has 138 valence electrons. The van der Waals surface area contributed by atoms with Gasteiger partial charge >= 0.3 is 0 Å². The molecule has 0 heterocycles. The van der Waals surface area contributed by atoms with Crippen LogP contribution in [0.2, 0.25) is 0 Å². The lowest BCUT2D eigenvalue weighted by atomic mass is 10.1. The molecular weight excluding hydrogens is 396 g/mol. The fourth-order valence-electron chi connectivity index (χ4n) is 2.33. The number of methoxy groups -OCH3 is 2. The molecule has 0 aliphatic rings. The van der Waals surface area contributed by atoms with Crippen molar-refractivity contribution in [3.05, 3.63) is 59.7 Å². The van der Waals surface area contributed by atoms with Gasteiger partial charge in [-0.1, -0.05) is 28.1 Å². The van der Waals surface area contributed by atoms with Gasteiger partial charge in [0.25, 0.3) is 0 Å². The molecule has 2 rings (SSSR count). The molecule has 0 aromatic heterocycles. The van der Waals surface area contributed by atoms with Gasteiger partial charge in [0.05, 0.1) is 20.8 Å². The van der Waals surface area contributed by atoms with E-state index in [0.29, 0.717) is 23.7 Å². The summed E-state index contributed by atoms with van der Waals surface area (Å²) in [5, 5.41) is 0.982. The Morgan fingerprint density at radius 3 is 2.38 bits per heavy atom. The highest BCUT2D eigenvalue weighted by Crippen LogP contribution is 2.28. The Hall–Kier alpha value is -2.27. The lowest BCUT2D eigenvalue weighted by Gasteiger charge is -2.07. The molecule has 0 atom stereocenters. The van der Waals surface area contributed by atoms with Crippen molar-refractivity contribution in [2.75, 3.05) is 26.2 Å². The number of hydrogen-bond acceptors (Lipinski definition) is 4. The summed E-state index contributed by atoms with van der Waals surface area (Å²) in [5.74, 6) is 2.00. The molecule has 0 unspecified atom stereocenters. The SMILES string of the molecule is COc1ccc(/C=C/C(=O)c2ccc(OCCCCBr)cc2)cc1OC. The normalized spacial score (nSPS) is 10.7. The molecule has 0 N–H and O–H groups in total. The molecule has 0 saturated carbocycles. The van der Waals surface area contributed by atoms with Crippen LogP contribution in [-0.4, -0.2) is 31.9 Å². The Morgan fingerprint density at radius 1 is 1.00 bits per heavy atom. The molecule has 0 aliphatic carbocycles. The number of rotatable bonds is 10. The summed E-state index contributed by atoms with van der Waals surface area (Å²) < 4.78 is 16.1. The molecular formula is C21H23BrO4. The van der Waals surface area contributed by atoms with Crippen LogP contribution in [-0.2, 0) is 0 Å². The van der Waals surface area contributed by atoms with Gasteiger partial charge in [0.15, 0.2) is 17.3 Å². The maximum atomic E-state index is 12.3. The Kier molecular flexibility index (Phi) is 8.22. The number of benzene rings is 2. The highest BCUT2D eigenvalue weighted by Gasteiger charge is 2.05. The molecule has 0 aliphatic heterocycles. The van der Waals surface area contributed by atoms with Crippen LogP contribution in [0.5, 0.6) is 17.2 Å². The number of allylic oxidation sites excluding steroid dienone is 1. The average molecular weight is 419 g/mol. The third kappa shape index (κ3) is 5.92. The summed E-state index contributed by atoms with van der Waals surface area (Å²) in [5.41, 5.74) is 1.48. The van der Waals surface area contributed by atoms with E-state index < -0.39 is 0 Å². The van der Waals surface area contributed by atoms with Crippen LogP contribution in [0.1, 0.15) is 28.8 Å². The molecule has 0 saturated heterocycles. The van der Waals surface area contributed by atoms with E-state index in [1.54, 1.807) is 38.5 Å². The van der Waals surface area contributed by atoms with Crippen LogP contribution in [0.3, 0.4) is 0 Å². The van der Waals surface area contributed by atoms with Crippen molar-refractivity contribution in [2.45, 2.75) is 12.8 Å². The van der Waals surface area contributed by atoms with Gasteiger partial charge < -0.3 is 14.2 Å². The number of carbonyl (C=O) groups is 1. The van der Waals surface area contributed by atoms with Crippen LogP contribution in [0.4, 0.5) is 0 Å². The van der Waals surface area contributed by atoms with Crippen LogP contribution in [0.15, 0.2) is 48.5 Å². The minimum Gasteiger partial charge on any atom is -0.494 e. The molecule has 0 fully saturated rings. The van der Waals surface area contributed by atoms with Crippen LogP contribution < -0.4 is 14.2 Å². The summed E-state index contributed by atoms with van der Waals surface area (Å²) in [7, 11) is 3.17. The molecule has 0 spiro atoms. The van der Waals surface area contributed by atoms with E-state index in [0.717, 1.165) is 29.5 Å². The topological polar surface area (TPSA) is 44.8 Å². The van der Waals surface area contributed by atoms with Gasteiger partial charge in [-0.3, -0.25) is 4.79 Å². The van der Waals surface area contributed by atoms with Gasteiger partial charge in [0, 0.05) is 10.9 Å². The average Bonchev–Trinajstić information content (AvgIpc) is 2.69. The minimum atomic E-state index is -0.0642. The van der Waals surface area contributed by atoms with Crippen LogP contribution >= 0.6 is 15.9 Å². The van der Waals surface area contributed by atoms with Crippen molar-refractivity contribution in [3.8, 4) is 17.2 Å². The molecule has 4 nitrogen and oxygen atoms in total. The Morgan fingerprint density at radius 2 is 1.73 bits per heavy atom. The summed E-state index contributed by atoms with van der Waals surface area (Å²) in [4.78, 5) is 12.3. The molecule has 26 heavy (non-hydrogen) atoms. The molecule has 0 radical (unpaired) electrons. The highest BCUT2D eigenvalue weighted by molar-refractivity contribution is 9.09. The Balaban J connectivity index is 1.97. The first-order valence-corrected chi connectivity index (χ1v) is 9.53. The van der Waals surface area contributed by atoms with Crippen LogP contribution in [0, 0.1) is 0 Å². The lowest BCUT2D eigenvalue weighted by Crippen LogP contribution is -1.99. The molecule has 2 aromatic carbocycles. The molecule has 0 bridgehead atoms. The van der Waals surface area contributed by atoms with Crippen molar-refractivity contribution in [1.29, 1.82) is 0 Å². The van der Waals surface area contributed by atoms with Gasteiger partial charge in [0.1, 0.15) is 5.75 Å². The fraction of sp³-hybridized carbons (Fsp3) is 0.286. The monoisotopic (exact) mass is 418 g/mol. The summed E-state index contributed by atoms with van der Waals surface area (Å²) in [6.45, 7) is 0.679. The third-order valence-corrected chi connectivity index (χ3v) is 4.33. The van der Waals surface area contributed by atoms with Crippen molar-refractivity contribution >= 4 is 27.8 Å². The second kappa shape index (κ2) is 10.7. The Labute approximate surface area is 162 Å². The quantitative estimate of drug-likeness (QED) is 0.231. The van der Waals surface area contributed by atoms with Crippen molar-refractivity contribution in [2.24, 2.45) is 0 Å². The van der Waals surface area contributed by atoms with E-state index in [2.05, 4.69) is 15.9 Å². The van der Waals surface area contributed by atoms with E-state index in [9.17, 15) is 4.79 Å². The first-order chi connectivity index (χ1) is 12.7. The van der Waals surface area contributed by atoms with E-state index in [1.807, 2.05) is 30.3 Å². The summed E-state index contributed by atoms with van der Waals surface area (Å²) in [6.07, 6.45) is 5.39. The lowest BCUT2D eigenvalue weighted by molar-refractivity contribution is 0.104. The predicted octanol–water partition coefficient (Wildman–Crippen LogP) is 5.15. The fourth-order valence-corrected chi connectivity index (χ4v) is 2.72. The van der Waals surface area contributed by atoms with Gasteiger partial charge in [-0.05, 0) is 60.9 Å². The van der Waals surface area contributed by atoms with Gasteiger partial charge in [-0.25, -0.2) is 0 Å². The van der Waals surface area contributed by atoms with Crippen molar-refractivity contribution in [1.82, 2.24) is 0 Å². The third-order valence-electron chi connectivity index (χ3n) is 3.77. The Bertz CT molecular complexity index is 738. The number of carbonyl (C=O) groups excluding carboxylic acids is 1.